The van der Waals surface area contributed by atoms with Crippen LogP contribution in [0, 0.1) is 5.92 Å². The molecule has 1 atom stereocenters. The lowest BCUT2D eigenvalue weighted by Gasteiger charge is -2.22. The molecule has 0 aromatic heterocycles. The van der Waals surface area contributed by atoms with Gasteiger partial charge < -0.3 is 19.1 Å². The van der Waals surface area contributed by atoms with Crippen molar-refractivity contribution in [1.29, 1.82) is 0 Å². The molecule has 1 aromatic carbocycles. The summed E-state index contributed by atoms with van der Waals surface area (Å²) in [5.41, 5.74) is 0.840. The van der Waals surface area contributed by atoms with Crippen molar-refractivity contribution < 1.29 is 23.8 Å². The maximum Gasteiger partial charge on any atom is 0.310 e. The van der Waals surface area contributed by atoms with Crippen LogP contribution in [-0.4, -0.2) is 50.2 Å². The van der Waals surface area contributed by atoms with Crippen LogP contribution in [-0.2, 0) is 14.3 Å². The van der Waals surface area contributed by atoms with Crippen LogP contribution >= 0.6 is 0 Å². The number of benzene rings is 1. The summed E-state index contributed by atoms with van der Waals surface area (Å²) in [6.45, 7) is 9.57. The minimum absolute atomic E-state index is 0.155. The SMILES string of the molecule is CCCOc1ccc(/C=C/C(=O)N(CC)CC(C)C(=O)OC)cc1OCC. The number of likely N-dealkylation sites (N-methyl/N-ethyl adjacent to an activating group) is 1. The van der Waals surface area contributed by atoms with Gasteiger partial charge in [-0.25, -0.2) is 0 Å². The fraction of sp³-hybridized carbons (Fsp3) is 0.524. The first kappa shape index (κ1) is 22.5. The number of methoxy groups -OCH3 is 1. The van der Waals surface area contributed by atoms with Gasteiger partial charge in [0.15, 0.2) is 11.5 Å². The monoisotopic (exact) mass is 377 g/mol. The number of amides is 1. The van der Waals surface area contributed by atoms with Crippen LogP contribution in [0.4, 0.5) is 0 Å². The summed E-state index contributed by atoms with van der Waals surface area (Å²) in [6.07, 6.45) is 4.16. The van der Waals surface area contributed by atoms with Crippen molar-refractivity contribution in [2.75, 3.05) is 33.4 Å². The van der Waals surface area contributed by atoms with E-state index in [0.717, 1.165) is 12.0 Å². The highest BCUT2D eigenvalue weighted by atomic mass is 16.5. The number of ether oxygens (including phenoxy) is 3. The van der Waals surface area contributed by atoms with Crippen molar-refractivity contribution in [2.24, 2.45) is 5.92 Å². The fourth-order valence-electron chi connectivity index (χ4n) is 2.48. The molecule has 0 spiro atoms. The third kappa shape index (κ3) is 7.33. The van der Waals surface area contributed by atoms with Crippen LogP contribution in [0.15, 0.2) is 24.3 Å². The van der Waals surface area contributed by atoms with Crippen LogP contribution in [0.5, 0.6) is 11.5 Å². The van der Waals surface area contributed by atoms with Gasteiger partial charge in [-0.15, -0.1) is 0 Å². The van der Waals surface area contributed by atoms with E-state index in [0.29, 0.717) is 37.8 Å². The molecular formula is C21H31NO5. The van der Waals surface area contributed by atoms with E-state index in [1.54, 1.807) is 17.9 Å². The Morgan fingerprint density at radius 2 is 1.89 bits per heavy atom. The Kier molecular flexibility index (Phi) is 10.0. The normalized spacial score (nSPS) is 11.9. The van der Waals surface area contributed by atoms with Gasteiger partial charge in [0.05, 0.1) is 26.2 Å². The van der Waals surface area contributed by atoms with Crippen LogP contribution in [0.2, 0.25) is 0 Å². The Hall–Kier alpha value is -2.50. The molecule has 0 saturated carbocycles. The zero-order valence-corrected chi connectivity index (χ0v) is 17.0. The maximum atomic E-state index is 12.4. The molecule has 6 nitrogen and oxygen atoms in total. The van der Waals surface area contributed by atoms with E-state index < -0.39 is 0 Å². The highest BCUT2D eigenvalue weighted by Crippen LogP contribution is 2.29. The van der Waals surface area contributed by atoms with Crippen molar-refractivity contribution in [3.63, 3.8) is 0 Å². The van der Waals surface area contributed by atoms with Crippen molar-refractivity contribution in [1.82, 2.24) is 4.90 Å². The molecule has 1 rings (SSSR count). The number of hydrogen-bond acceptors (Lipinski definition) is 5. The van der Waals surface area contributed by atoms with Crippen molar-refractivity contribution in [3.8, 4) is 11.5 Å². The van der Waals surface area contributed by atoms with E-state index in [2.05, 4.69) is 0 Å². The maximum absolute atomic E-state index is 12.4. The van der Waals surface area contributed by atoms with E-state index in [-0.39, 0.29) is 17.8 Å². The summed E-state index contributed by atoms with van der Waals surface area (Å²) in [7, 11) is 1.35. The molecule has 0 heterocycles. The van der Waals surface area contributed by atoms with Gasteiger partial charge in [0.2, 0.25) is 5.91 Å². The average Bonchev–Trinajstić information content (AvgIpc) is 2.68. The van der Waals surface area contributed by atoms with Crippen molar-refractivity contribution >= 4 is 18.0 Å². The molecule has 0 saturated heterocycles. The van der Waals surface area contributed by atoms with Crippen LogP contribution < -0.4 is 9.47 Å². The van der Waals surface area contributed by atoms with Gasteiger partial charge in [-0.05, 0) is 44.0 Å². The average molecular weight is 377 g/mol. The Labute approximate surface area is 162 Å². The van der Waals surface area contributed by atoms with Gasteiger partial charge in [-0.3, -0.25) is 9.59 Å². The van der Waals surface area contributed by atoms with Crippen molar-refractivity contribution in [3.05, 3.63) is 29.8 Å². The highest BCUT2D eigenvalue weighted by molar-refractivity contribution is 5.92. The van der Waals surface area contributed by atoms with E-state index in [1.165, 1.54) is 13.2 Å². The topological polar surface area (TPSA) is 65.1 Å². The second-order valence-electron chi connectivity index (χ2n) is 6.12. The van der Waals surface area contributed by atoms with Gasteiger partial charge in [-0.2, -0.15) is 0 Å². The van der Waals surface area contributed by atoms with Gasteiger partial charge in [0.1, 0.15) is 0 Å². The minimum atomic E-state index is -0.369. The third-order valence-corrected chi connectivity index (χ3v) is 3.94. The predicted molar refractivity (Wildman–Crippen MR) is 106 cm³/mol. The first-order valence-corrected chi connectivity index (χ1v) is 9.41. The molecule has 0 radical (unpaired) electrons. The highest BCUT2D eigenvalue weighted by Gasteiger charge is 2.19. The zero-order chi connectivity index (χ0) is 20.2. The number of nitrogens with zero attached hydrogens (tertiary/aromatic N) is 1. The molecule has 0 bridgehead atoms. The molecule has 0 aliphatic carbocycles. The molecule has 0 fully saturated rings. The number of carbonyl (C=O) groups excluding carboxylic acids is 2. The summed E-state index contributed by atoms with van der Waals surface area (Å²) in [6, 6.07) is 5.58. The third-order valence-electron chi connectivity index (χ3n) is 3.94. The van der Waals surface area contributed by atoms with E-state index in [1.807, 2.05) is 39.0 Å². The molecular weight excluding hydrogens is 346 g/mol. The molecule has 1 amide bonds. The summed E-state index contributed by atoms with van der Waals surface area (Å²) < 4.78 is 16.0. The Morgan fingerprint density at radius 3 is 2.48 bits per heavy atom. The molecule has 6 heteroatoms. The standard InChI is InChI=1S/C21H31NO5/c1-6-13-27-18-11-9-17(14-19(18)26-8-3)10-12-20(23)22(7-2)15-16(4)21(24)25-5/h9-12,14,16H,6-8,13,15H2,1-5H3/b12-10+. The van der Waals surface area contributed by atoms with Crippen LogP contribution in [0.25, 0.3) is 6.08 Å². The lowest BCUT2D eigenvalue weighted by Crippen LogP contribution is -2.36. The predicted octanol–water partition coefficient (Wildman–Crippen LogP) is 3.54. The van der Waals surface area contributed by atoms with Gasteiger partial charge in [-0.1, -0.05) is 19.9 Å². The number of esters is 1. The largest absolute Gasteiger partial charge is 0.490 e. The molecule has 0 aliphatic rings. The Balaban J connectivity index is 2.85. The quantitative estimate of drug-likeness (QED) is 0.436. The summed E-state index contributed by atoms with van der Waals surface area (Å²) in [5.74, 6) is 0.509. The number of hydrogen-bond donors (Lipinski definition) is 0. The Morgan fingerprint density at radius 1 is 1.15 bits per heavy atom. The van der Waals surface area contributed by atoms with Gasteiger partial charge in [0, 0.05) is 19.2 Å². The number of rotatable bonds is 11. The van der Waals surface area contributed by atoms with Crippen LogP contribution in [0.1, 0.15) is 39.7 Å². The minimum Gasteiger partial charge on any atom is -0.490 e. The van der Waals surface area contributed by atoms with E-state index in [4.69, 9.17) is 14.2 Å². The molecule has 0 aliphatic heterocycles. The van der Waals surface area contributed by atoms with E-state index in [9.17, 15) is 9.59 Å². The molecule has 0 N–H and O–H groups in total. The molecule has 150 valence electrons. The van der Waals surface area contributed by atoms with Gasteiger partial charge in [0.25, 0.3) is 0 Å². The van der Waals surface area contributed by atoms with Crippen LogP contribution in [0.3, 0.4) is 0 Å². The second-order valence-corrected chi connectivity index (χ2v) is 6.12. The second kappa shape index (κ2) is 12.0. The summed E-state index contributed by atoms with van der Waals surface area (Å²) in [4.78, 5) is 25.6. The first-order chi connectivity index (χ1) is 13.0. The van der Waals surface area contributed by atoms with Crippen molar-refractivity contribution in [2.45, 2.75) is 34.1 Å². The zero-order valence-electron chi connectivity index (χ0n) is 17.0. The van der Waals surface area contributed by atoms with E-state index >= 15 is 0 Å². The molecule has 1 aromatic rings. The smallest absolute Gasteiger partial charge is 0.310 e. The summed E-state index contributed by atoms with van der Waals surface area (Å²) >= 11 is 0. The molecule has 1 unspecified atom stereocenters. The lowest BCUT2D eigenvalue weighted by molar-refractivity contribution is -0.146. The first-order valence-electron chi connectivity index (χ1n) is 9.41. The fourth-order valence-corrected chi connectivity index (χ4v) is 2.48. The molecule has 27 heavy (non-hydrogen) atoms. The Bertz CT molecular complexity index is 641. The number of carbonyl (C=O) groups is 2. The lowest BCUT2D eigenvalue weighted by atomic mass is 10.1. The summed E-state index contributed by atoms with van der Waals surface area (Å²) in [5, 5.41) is 0. The van der Waals surface area contributed by atoms with Gasteiger partial charge >= 0.3 is 5.97 Å².